The lowest BCUT2D eigenvalue weighted by atomic mass is 9.34. The summed E-state index contributed by atoms with van der Waals surface area (Å²) in [5, 5.41) is 26.9. The minimum atomic E-state index is -0.648. The largest absolute Gasteiger partial charge is 0.481 e. The standard InChI is InChI=1S/C35H56N6O5/c1-20(2)21(3)31(5)13-14-33(7)23-9-10-26-32(6)18-45-19-35(26,24(23)11-12-34(33,8)27(31)29(43)44)17-25(28(32)46-16-15-36)41-39-30(38-40-41)37-22(4)42/h11,20-21,23,25-28H,9-10,12-19,36H2,1-8H3,(H,43,44)(H,37,39,42)/t21-,23+,25-,26+,27-,28+,31-,32+,33-,34+,35+/m1/s1. The van der Waals surface area contributed by atoms with Crippen LogP contribution in [0.5, 0.6) is 0 Å². The van der Waals surface area contributed by atoms with Gasteiger partial charge in [-0.2, -0.15) is 4.80 Å². The van der Waals surface area contributed by atoms with E-state index in [2.05, 4.69) is 75.3 Å². The van der Waals surface area contributed by atoms with Crippen molar-refractivity contribution in [3.8, 4) is 0 Å². The van der Waals surface area contributed by atoms with E-state index in [0.717, 1.165) is 38.5 Å². The highest BCUT2D eigenvalue weighted by atomic mass is 16.5. The van der Waals surface area contributed by atoms with E-state index in [4.69, 9.17) is 15.2 Å². The van der Waals surface area contributed by atoms with Gasteiger partial charge in [-0.25, -0.2) is 0 Å². The van der Waals surface area contributed by atoms with E-state index in [-0.39, 0.29) is 57.0 Å². The summed E-state index contributed by atoms with van der Waals surface area (Å²) in [4.78, 5) is 26.8. The van der Waals surface area contributed by atoms with Crippen molar-refractivity contribution in [2.24, 2.45) is 62.4 Å². The lowest BCUT2D eigenvalue weighted by Gasteiger charge is -2.71. The number of tetrazole rings is 1. The number of hydrogen-bond donors (Lipinski definition) is 3. The number of rotatable bonds is 8. The van der Waals surface area contributed by atoms with E-state index < -0.39 is 11.9 Å². The number of amides is 1. The first-order valence-corrected chi connectivity index (χ1v) is 17.5. The van der Waals surface area contributed by atoms with Crippen LogP contribution in [-0.2, 0) is 19.1 Å². The van der Waals surface area contributed by atoms with Gasteiger partial charge in [0.25, 0.3) is 5.95 Å². The van der Waals surface area contributed by atoms with Crippen LogP contribution in [0.1, 0.15) is 100.0 Å². The number of carboxylic acids is 1. The Morgan fingerprint density at radius 1 is 1.15 bits per heavy atom. The topological polar surface area (TPSA) is 154 Å². The van der Waals surface area contributed by atoms with Crippen LogP contribution in [0, 0.1) is 56.7 Å². The molecule has 256 valence electrons. The summed E-state index contributed by atoms with van der Waals surface area (Å²) in [5.41, 5.74) is 5.97. The van der Waals surface area contributed by atoms with Crippen molar-refractivity contribution in [3.05, 3.63) is 11.6 Å². The molecule has 6 rings (SSSR count). The molecule has 0 radical (unpaired) electrons. The molecule has 11 atom stereocenters. The Morgan fingerprint density at radius 2 is 1.89 bits per heavy atom. The van der Waals surface area contributed by atoms with Crippen molar-refractivity contribution in [2.75, 3.05) is 31.7 Å². The number of carbonyl (C=O) groups excluding carboxylic acids is 1. The van der Waals surface area contributed by atoms with Gasteiger partial charge in [0, 0.05) is 24.3 Å². The predicted octanol–water partition coefficient (Wildman–Crippen LogP) is 5.11. The number of nitrogens with one attached hydrogen (secondary N) is 1. The molecular weight excluding hydrogens is 584 g/mol. The monoisotopic (exact) mass is 640 g/mol. The number of ether oxygens (including phenoxy) is 2. The molecule has 11 heteroatoms. The zero-order valence-corrected chi connectivity index (χ0v) is 29.1. The summed E-state index contributed by atoms with van der Waals surface area (Å²) in [7, 11) is 0. The maximum atomic E-state index is 13.4. The molecule has 4 N–H and O–H groups in total. The van der Waals surface area contributed by atoms with Gasteiger partial charge in [0.05, 0.1) is 31.8 Å². The van der Waals surface area contributed by atoms with Gasteiger partial charge in [-0.1, -0.05) is 65.2 Å². The third-order valence-corrected chi connectivity index (χ3v) is 14.5. The van der Waals surface area contributed by atoms with Crippen molar-refractivity contribution >= 4 is 17.8 Å². The average Bonchev–Trinajstić information content (AvgIpc) is 3.43. The second-order valence-corrected chi connectivity index (χ2v) is 16.8. The molecule has 5 aliphatic rings. The van der Waals surface area contributed by atoms with Crippen molar-refractivity contribution in [2.45, 2.75) is 106 Å². The fourth-order valence-electron chi connectivity index (χ4n) is 11.9. The third-order valence-electron chi connectivity index (χ3n) is 14.5. The van der Waals surface area contributed by atoms with Gasteiger partial charge >= 0.3 is 5.97 Å². The molecule has 46 heavy (non-hydrogen) atoms. The predicted molar refractivity (Wildman–Crippen MR) is 174 cm³/mol. The molecule has 2 heterocycles. The highest BCUT2D eigenvalue weighted by molar-refractivity contribution is 5.86. The van der Waals surface area contributed by atoms with Crippen LogP contribution in [0.4, 0.5) is 5.95 Å². The van der Waals surface area contributed by atoms with Crippen LogP contribution in [-0.4, -0.2) is 69.7 Å². The minimum absolute atomic E-state index is 0.170. The Morgan fingerprint density at radius 3 is 2.54 bits per heavy atom. The number of carboxylic acid groups (broad SMARTS) is 1. The second kappa shape index (κ2) is 11.4. The first-order chi connectivity index (χ1) is 21.6. The molecular formula is C35H56N6O5. The number of aromatic nitrogens is 4. The molecule has 0 spiro atoms. The summed E-state index contributed by atoms with van der Waals surface area (Å²) >= 11 is 0. The lowest BCUT2D eigenvalue weighted by Crippen LogP contribution is -2.69. The van der Waals surface area contributed by atoms with Crippen molar-refractivity contribution in [1.82, 2.24) is 20.2 Å². The first-order valence-electron chi connectivity index (χ1n) is 17.5. The van der Waals surface area contributed by atoms with Gasteiger partial charge in [0.1, 0.15) is 6.04 Å². The maximum absolute atomic E-state index is 13.4. The number of nitrogens with two attached hydrogens (primary N) is 1. The normalized spacial score (nSPS) is 44.0. The lowest BCUT2D eigenvalue weighted by molar-refractivity contribution is -0.250. The number of fused-ring (bicyclic) bond motifs is 3. The van der Waals surface area contributed by atoms with Crippen LogP contribution in [0.3, 0.4) is 0 Å². The van der Waals surface area contributed by atoms with Gasteiger partial charge in [-0.3, -0.25) is 14.9 Å². The first kappa shape index (κ1) is 33.5. The fourth-order valence-corrected chi connectivity index (χ4v) is 11.9. The Bertz CT molecular complexity index is 1400. The molecule has 1 aromatic rings. The number of allylic oxidation sites excluding steroid dienone is 1. The summed E-state index contributed by atoms with van der Waals surface area (Å²) in [6.07, 6.45) is 7.65. The number of aliphatic carboxylic acids is 1. The molecule has 1 saturated heterocycles. The summed E-state index contributed by atoms with van der Waals surface area (Å²) in [6.45, 7) is 19.4. The molecule has 0 aromatic carbocycles. The van der Waals surface area contributed by atoms with E-state index in [9.17, 15) is 14.7 Å². The van der Waals surface area contributed by atoms with Gasteiger partial charge in [0.15, 0.2) is 0 Å². The van der Waals surface area contributed by atoms with Crippen molar-refractivity contribution in [3.63, 3.8) is 0 Å². The number of hydrogen-bond acceptors (Lipinski definition) is 8. The van der Waals surface area contributed by atoms with E-state index in [0.29, 0.717) is 44.1 Å². The zero-order chi connectivity index (χ0) is 33.4. The summed E-state index contributed by atoms with van der Waals surface area (Å²) in [5.74, 6) is 0.137. The molecule has 2 bridgehead atoms. The van der Waals surface area contributed by atoms with Gasteiger partial charge in [0.2, 0.25) is 5.91 Å². The van der Waals surface area contributed by atoms with Gasteiger partial charge in [-0.05, 0) is 83.7 Å². The molecule has 1 aliphatic heterocycles. The smallest absolute Gasteiger partial charge is 0.307 e. The Labute approximate surface area is 273 Å². The Kier molecular flexibility index (Phi) is 8.28. The number of nitrogens with zero attached hydrogens (tertiary/aromatic N) is 4. The zero-order valence-electron chi connectivity index (χ0n) is 29.1. The van der Waals surface area contributed by atoms with Crippen molar-refractivity contribution in [1.29, 1.82) is 0 Å². The molecule has 4 aliphatic carbocycles. The SMILES string of the molecule is CC(=O)Nc1nnn([C@@H]2C[C@@]34COC[C@@](C)([C@@H]3CC[C@H]3C4=CC[C@@]4(C)[C@H](C(=O)O)[C@@](C)([C@H](C)C(C)C)CC[C@]34C)[C@H]2OCCN)n1. The molecule has 11 nitrogen and oxygen atoms in total. The average molecular weight is 641 g/mol. The van der Waals surface area contributed by atoms with Crippen molar-refractivity contribution < 1.29 is 24.2 Å². The van der Waals surface area contributed by atoms with Crippen LogP contribution < -0.4 is 11.1 Å². The maximum Gasteiger partial charge on any atom is 0.307 e. The van der Waals surface area contributed by atoms with E-state index in [1.54, 1.807) is 4.80 Å². The molecule has 4 fully saturated rings. The number of carbonyl (C=O) groups is 2. The highest BCUT2D eigenvalue weighted by Gasteiger charge is 2.72. The molecule has 0 unspecified atom stereocenters. The van der Waals surface area contributed by atoms with Crippen LogP contribution in [0.2, 0.25) is 0 Å². The van der Waals surface area contributed by atoms with Crippen LogP contribution in [0.25, 0.3) is 0 Å². The summed E-state index contributed by atoms with van der Waals surface area (Å²) < 4.78 is 13.2. The highest BCUT2D eigenvalue weighted by Crippen LogP contribution is 2.75. The number of anilines is 1. The van der Waals surface area contributed by atoms with E-state index >= 15 is 0 Å². The van der Waals surface area contributed by atoms with E-state index in [1.165, 1.54) is 12.5 Å². The molecule has 3 saturated carbocycles. The van der Waals surface area contributed by atoms with Crippen LogP contribution >= 0.6 is 0 Å². The van der Waals surface area contributed by atoms with E-state index in [1.807, 2.05) is 0 Å². The fraction of sp³-hybridized carbons (Fsp3) is 0.857. The minimum Gasteiger partial charge on any atom is -0.481 e. The summed E-state index contributed by atoms with van der Waals surface area (Å²) in [6, 6.07) is -0.235. The Hall–Kier alpha value is -2.37. The third kappa shape index (κ3) is 4.57. The quantitative estimate of drug-likeness (QED) is 0.329. The second-order valence-electron chi connectivity index (χ2n) is 16.8. The molecule has 1 amide bonds. The van der Waals surface area contributed by atoms with Gasteiger partial charge < -0.3 is 20.3 Å². The Balaban J connectivity index is 1.45. The van der Waals surface area contributed by atoms with Gasteiger partial charge in [-0.15, -0.1) is 5.10 Å². The van der Waals surface area contributed by atoms with Crippen LogP contribution in [0.15, 0.2) is 11.6 Å². The molecule has 1 aromatic heterocycles.